The summed E-state index contributed by atoms with van der Waals surface area (Å²) in [5.74, 6) is 0.899. The summed E-state index contributed by atoms with van der Waals surface area (Å²) >= 11 is 0. The SMILES string of the molecule is Cc1nc(-c2nnn(C)c2CO)ccc1O[C@H]1CC[C@H](CC(=O)OC(C)C)C1. The Morgan fingerprint density at radius 2 is 2.14 bits per heavy atom. The molecule has 2 aromatic rings. The molecule has 1 aliphatic carbocycles. The van der Waals surface area contributed by atoms with Gasteiger partial charge in [0.2, 0.25) is 0 Å². The smallest absolute Gasteiger partial charge is 0.306 e. The molecular weight excluding hydrogens is 360 g/mol. The topological polar surface area (TPSA) is 99.4 Å². The van der Waals surface area contributed by atoms with E-state index in [0.29, 0.717) is 29.4 Å². The van der Waals surface area contributed by atoms with Gasteiger partial charge in [0.1, 0.15) is 11.4 Å². The normalized spacial score (nSPS) is 19.2. The molecule has 0 aromatic carbocycles. The van der Waals surface area contributed by atoms with Crippen LogP contribution in [0.4, 0.5) is 0 Å². The van der Waals surface area contributed by atoms with E-state index in [1.165, 1.54) is 0 Å². The average molecular weight is 388 g/mol. The molecule has 1 saturated carbocycles. The number of ether oxygens (including phenoxy) is 2. The summed E-state index contributed by atoms with van der Waals surface area (Å²) in [6.45, 7) is 5.46. The van der Waals surface area contributed by atoms with E-state index in [2.05, 4.69) is 15.3 Å². The van der Waals surface area contributed by atoms with E-state index >= 15 is 0 Å². The molecule has 0 amide bonds. The summed E-state index contributed by atoms with van der Waals surface area (Å²) < 4.78 is 12.9. The van der Waals surface area contributed by atoms with E-state index < -0.39 is 0 Å². The Hall–Kier alpha value is -2.48. The molecule has 0 radical (unpaired) electrons. The van der Waals surface area contributed by atoms with Crippen LogP contribution < -0.4 is 4.74 Å². The van der Waals surface area contributed by atoms with E-state index in [9.17, 15) is 9.90 Å². The number of carbonyl (C=O) groups excluding carboxylic acids is 1. The zero-order valence-corrected chi connectivity index (χ0v) is 16.9. The van der Waals surface area contributed by atoms with Gasteiger partial charge in [0.15, 0.2) is 0 Å². The Bertz CT molecular complexity index is 834. The van der Waals surface area contributed by atoms with Crippen LogP contribution in [0.1, 0.15) is 50.9 Å². The van der Waals surface area contributed by atoms with Gasteiger partial charge in [-0.2, -0.15) is 0 Å². The maximum Gasteiger partial charge on any atom is 0.306 e. The Labute approximate surface area is 164 Å². The third kappa shape index (κ3) is 4.67. The molecule has 3 rings (SSSR count). The Balaban J connectivity index is 1.62. The van der Waals surface area contributed by atoms with E-state index in [-0.39, 0.29) is 24.8 Å². The van der Waals surface area contributed by atoms with Crippen LogP contribution in [0.5, 0.6) is 5.75 Å². The second-order valence-electron chi connectivity index (χ2n) is 7.61. The summed E-state index contributed by atoms with van der Waals surface area (Å²) in [6, 6.07) is 3.71. The van der Waals surface area contributed by atoms with Crippen molar-refractivity contribution >= 4 is 5.97 Å². The molecule has 1 fully saturated rings. The maximum absolute atomic E-state index is 11.9. The molecule has 8 nitrogen and oxygen atoms in total. The largest absolute Gasteiger partial charge is 0.489 e. The number of aromatic nitrogens is 4. The van der Waals surface area contributed by atoms with Crippen LogP contribution in [0, 0.1) is 12.8 Å². The molecule has 0 saturated heterocycles. The summed E-state index contributed by atoms with van der Waals surface area (Å²) in [5.41, 5.74) is 2.61. The fraction of sp³-hybridized carbons (Fsp3) is 0.600. The number of rotatable bonds is 7. The molecule has 2 heterocycles. The van der Waals surface area contributed by atoms with Crippen LogP contribution in [0.2, 0.25) is 0 Å². The lowest BCUT2D eigenvalue weighted by atomic mass is 10.0. The average Bonchev–Trinajstić information content (AvgIpc) is 3.22. The van der Waals surface area contributed by atoms with Crippen molar-refractivity contribution in [2.45, 2.75) is 65.3 Å². The zero-order chi connectivity index (χ0) is 20.3. The lowest BCUT2D eigenvalue weighted by molar-refractivity contribution is -0.148. The molecule has 1 N–H and O–H groups in total. The first-order valence-corrected chi connectivity index (χ1v) is 9.71. The third-order valence-electron chi connectivity index (χ3n) is 4.98. The second kappa shape index (κ2) is 8.68. The van der Waals surface area contributed by atoms with Gasteiger partial charge < -0.3 is 14.6 Å². The van der Waals surface area contributed by atoms with Gasteiger partial charge >= 0.3 is 5.97 Å². The quantitative estimate of drug-likeness (QED) is 0.728. The standard InChI is InChI=1S/C20H28N4O4/c1-12(2)27-19(26)10-14-5-6-15(9-14)28-18-8-7-16(21-13(18)3)20-17(11-25)24(4)23-22-20/h7-8,12,14-15,25H,5-6,9-11H2,1-4H3/t14-,15-/m0/s1. The summed E-state index contributed by atoms with van der Waals surface area (Å²) in [7, 11) is 1.74. The van der Waals surface area contributed by atoms with Crippen LogP contribution in [-0.2, 0) is 23.2 Å². The van der Waals surface area contributed by atoms with E-state index in [0.717, 1.165) is 30.7 Å². The van der Waals surface area contributed by atoms with Gasteiger partial charge in [0, 0.05) is 13.5 Å². The highest BCUT2D eigenvalue weighted by atomic mass is 16.5. The molecule has 1 aliphatic rings. The first kappa shape index (κ1) is 20.3. The van der Waals surface area contributed by atoms with Crippen molar-refractivity contribution in [1.29, 1.82) is 0 Å². The minimum Gasteiger partial charge on any atom is -0.489 e. The molecule has 152 valence electrons. The molecule has 2 atom stereocenters. The van der Waals surface area contributed by atoms with Gasteiger partial charge in [0.05, 0.1) is 35.9 Å². The lowest BCUT2D eigenvalue weighted by Crippen LogP contribution is -2.16. The number of aliphatic hydroxyl groups is 1. The number of aliphatic hydroxyl groups excluding tert-OH is 1. The predicted molar refractivity (Wildman–Crippen MR) is 102 cm³/mol. The van der Waals surface area contributed by atoms with Crippen LogP contribution in [0.15, 0.2) is 12.1 Å². The Morgan fingerprint density at radius 3 is 2.82 bits per heavy atom. The number of pyridine rings is 1. The third-order valence-corrected chi connectivity index (χ3v) is 4.98. The first-order valence-electron chi connectivity index (χ1n) is 9.71. The van der Waals surface area contributed by atoms with Gasteiger partial charge in [-0.25, -0.2) is 9.67 Å². The maximum atomic E-state index is 11.9. The van der Waals surface area contributed by atoms with Crippen LogP contribution in [-0.4, -0.2) is 43.3 Å². The van der Waals surface area contributed by atoms with E-state index in [1.807, 2.05) is 32.9 Å². The number of carbonyl (C=O) groups is 1. The number of esters is 1. The number of aryl methyl sites for hydroxylation is 2. The number of nitrogens with zero attached hydrogens (tertiary/aromatic N) is 4. The minimum atomic E-state index is -0.152. The minimum absolute atomic E-state index is 0.0751. The monoisotopic (exact) mass is 388 g/mol. The first-order chi connectivity index (χ1) is 13.4. The highest BCUT2D eigenvalue weighted by molar-refractivity contribution is 5.69. The van der Waals surface area contributed by atoms with Crippen molar-refractivity contribution < 1.29 is 19.4 Å². The number of hydrogen-bond acceptors (Lipinski definition) is 7. The van der Waals surface area contributed by atoms with Gasteiger partial charge in [-0.1, -0.05) is 5.21 Å². The van der Waals surface area contributed by atoms with Crippen molar-refractivity contribution in [2.24, 2.45) is 13.0 Å². The molecule has 0 aliphatic heterocycles. The Morgan fingerprint density at radius 1 is 1.36 bits per heavy atom. The molecule has 0 bridgehead atoms. The van der Waals surface area contributed by atoms with Crippen molar-refractivity contribution in [1.82, 2.24) is 20.0 Å². The van der Waals surface area contributed by atoms with E-state index in [1.54, 1.807) is 11.7 Å². The lowest BCUT2D eigenvalue weighted by Gasteiger charge is -2.16. The van der Waals surface area contributed by atoms with Crippen LogP contribution in [0.3, 0.4) is 0 Å². The van der Waals surface area contributed by atoms with Crippen molar-refractivity contribution in [2.75, 3.05) is 0 Å². The summed E-state index contributed by atoms with van der Waals surface area (Å²) in [5, 5.41) is 17.6. The fourth-order valence-corrected chi connectivity index (χ4v) is 3.61. The van der Waals surface area contributed by atoms with Crippen molar-refractivity contribution in [3.63, 3.8) is 0 Å². The van der Waals surface area contributed by atoms with Crippen LogP contribution >= 0.6 is 0 Å². The molecule has 0 spiro atoms. The zero-order valence-electron chi connectivity index (χ0n) is 16.9. The van der Waals surface area contributed by atoms with Crippen molar-refractivity contribution in [3.8, 4) is 17.1 Å². The number of hydrogen-bond donors (Lipinski definition) is 1. The summed E-state index contributed by atoms with van der Waals surface area (Å²) in [6.07, 6.45) is 3.17. The highest BCUT2D eigenvalue weighted by Crippen LogP contribution is 2.33. The fourth-order valence-electron chi connectivity index (χ4n) is 3.61. The molecule has 2 aromatic heterocycles. The predicted octanol–water partition coefficient (Wildman–Crippen LogP) is 2.57. The molecule has 28 heavy (non-hydrogen) atoms. The van der Waals surface area contributed by atoms with E-state index in [4.69, 9.17) is 9.47 Å². The molecule has 8 heteroatoms. The second-order valence-corrected chi connectivity index (χ2v) is 7.61. The summed E-state index contributed by atoms with van der Waals surface area (Å²) in [4.78, 5) is 16.4. The Kier molecular flexibility index (Phi) is 6.28. The highest BCUT2D eigenvalue weighted by Gasteiger charge is 2.29. The van der Waals surface area contributed by atoms with Crippen LogP contribution in [0.25, 0.3) is 11.4 Å². The van der Waals surface area contributed by atoms with Gasteiger partial charge in [-0.15, -0.1) is 5.10 Å². The molecule has 0 unspecified atom stereocenters. The van der Waals surface area contributed by atoms with Gasteiger partial charge in [0.25, 0.3) is 0 Å². The van der Waals surface area contributed by atoms with Crippen molar-refractivity contribution in [3.05, 3.63) is 23.5 Å². The molecular formula is C20H28N4O4. The van der Waals surface area contributed by atoms with Gasteiger partial charge in [-0.05, 0) is 58.1 Å². The van der Waals surface area contributed by atoms with Gasteiger partial charge in [-0.3, -0.25) is 4.79 Å².